The molecule has 1 unspecified atom stereocenters. The Hall–Kier alpha value is -0.870. The summed E-state index contributed by atoms with van der Waals surface area (Å²) in [7, 11) is 0. The molecule has 1 atom stereocenters. The van der Waals surface area contributed by atoms with Crippen molar-refractivity contribution >= 4 is 21.9 Å². The fraction of sp³-hybridized carbons (Fsp3) is 0.462. The number of likely N-dealkylation sites (tertiary alicyclic amines) is 1. The maximum absolute atomic E-state index is 10.6. The number of hydrogen-bond acceptors (Lipinski definition) is 2. The molecular weight excluding hydrogens is 282 g/mol. The van der Waals surface area contributed by atoms with Crippen molar-refractivity contribution in [1.82, 2.24) is 4.90 Å². The molecule has 0 aromatic heterocycles. The fourth-order valence-corrected chi connectivity index (χ4v) is 2.66. The summed E-state index contributed by atoms with van der Waals surface area (Å²) < 4.78 is 1.08. The minimum atomic E-state index is -0.716. The van der Waals surface area contributed by atoms with Crippen molar-refractivity contribution in [3.8, 4) is 0 Å². The van der Waals surface area contributed by atoms with Crippen LogP contribution in [-0.4, -0.2) is 29.1 Å². The molecule has 92 valence electrons. The van der Waals surface area contributed by atoms with Gasteiger partial charge in [-0.25, -0.2) is 0 Å². The predicted octanol–water partition coefficient (Wildman–Crippen LogP) is 3.06. The largest absolute Gasteiger partial charge is 0.481 e. The van der Waals surface area contributed by atoms with Gasteiger partial charge in [-0.2, -0.15) is 0 Å². The molecule has 0 amide bonds. The van der Waals surface area contributed by atoms with Crippen LogP contribution >= 0.6 is 15.9 Å². The molecule has 1 N–H and O–H groups in total. The fourth-order valence-electron chi connectivity index (χ4n) is 2.40. The number of nitrogens with zero attached hydrogens (tertiary/aromatic N) is 1. The van der Waals surface area contributed by atoms with Crippen molar-refractivity contribution in [3.05, 3.63) is 34.3 Å². The Morgan fingerprint density at radius 1 is 1.41 bits per heavy atom. The molecule has 3 nitrogen and oxygen atoms in total. The highest BCUT2D eigenvalue weighted by Gasteiger charge is 2.25. The summed E-state index contributed by atoms with van der Waals surface area (Å²) in [5, 5.41) is 8.73. The van der Waals surface area contributed by atoms with E-state index in [9.17, 15) is 4.79 Å². The minimum Gasteiger partial charge on any atom is -0.481 e. The normalized spacial score (nSPS) is 20.6. The van der Waals surface area contributed by atoms with Gasteiger partial charge in [0.1, 0.15) is 0 Å². The monoisotopic (exact) mass is 297 g/mol. The van der Waals surface area contributed by atoms with Crippen molar-refractivity contribution in [1.29, 1.82) is 0 Å². The van der Waals surface area contributed by atoms with Crippen LogP contribution < -0.4 is 0 Å². The summed E-state index contributed by atoms with van der Waals surface area (Å²) in [5.74, 6) is -0.716. The van der Waals surface area contributed by atoms with Gasteiger partial charge in [0.25, 0.3) is 0 Å². The number of rotatable bonds is 4. The predicted molar refractivity (Wildman–Crippen MR) is 69.9 cm³/mol. The lowest BCUT2D eigenvalue weighted by molar-refractivity contribution is -0.137. The minimum absolute atomic E-state index is 0.229. The lowest BCUT2D eigenvalue weighted by Gasteiger charge is -2.24. The third-order valence-corrected chi connectivity index (χ3v) is 3.76. The van der Waals surface area contributed by atoms with Crippen LogP contribution in [0.4, 0.5) is 0 Å². The molecule has 17 heavy (non-hydrogen) atoms. The summed E-state index contributed by atoms with van der Waals surface area (Å²) >= 11 is 3.43. The van der Waals surface area contributed by atoms with E-state index >= 15 is 0 Å². The van der Waals surface area contributed by atoms with Crippen LogP contribution in [0.2, 0.25) is 0 Å². The van der Waals surface area contributed by atoms with Gasteiger partial charge in [0.15, 0.2) is 0 Å². The van der Waals surface area contributed by atoms with E-state index in [2.05, 4.69) is 33.0 Å². The van der Waals surface area contributed by atoms with E-state index in [1.54, 1.807) is 0 Å². The first kappa shape index (κ1) is 12.6. The van der Waals surface area contributed by atoms with Crippen molar-refractivity contribution < 1.29 is 9.90 Å². The highest BCUT2D eigenvalue weighted by molar-refractivity contribution is 9.10. The Labute approximate surface area is 110 Å². The van der Waals surface area contributed by atoms with Gasteiger partial charge < -0.3 is 5.11 Å². The second-order valence-corrected chi connectivity index (χ2v) is 5.30. The smallest absolute Gasteiger partial charge is 0.304 e. The van der Waals surface area contributed by atoms with Crippen molar-refractivity contribution in [2.75, 3.05) is 13.1 Å². The lowest BCUT2D eigenvalue weighted by atomic mass is 10.0. The van der Waals surface area contributed by atoms with Crippen molar-refractivity contribution in [2.24, 2.45) is 0 Å². The van der Waals surface area contributed by atoms with Crippen LogP contribution in [-0.2, 0) is 4.79 Å². The zero-order chi connectivity index (χ0) is 12.3. The molecule has 1 aromatic carbocycles. The zero-order valence-electron chi connectivity index (χ0n) is 9.60. The van der Waals surface area contributed by atoms with E-state index in [0.717, 1.165) is 23.9 Å². The maximum Gasteiger partial charge on any atom is 0.304 e. The summed E-state index contributed by atoms with van der Waals surface area (Å²) in [5.41, 5.74) is 1.29. The molecule has 1 fully saturated rings. The number of hydrogen-bond donors (Lipinski definition) is 1. The number of carboxylic acid groups (broad SMARTS) is 1. The molecule has 0 spiro atoms. The van der Waals surface area contributed by atoms with Gasteiger partial charge in [-0.1, -0.05) is 28.1 Å². The van der Waals surface area contributed by atoms with E-state index in [1.807, 2.05) is 12.1 Å². The Kier molecular flexibility index (Phi) is 4.18. The standard InChI is InChI=1S/C13H16BrNO2/c14-11-5-3-10(4-6-11)12-2-1-8-15(12)9-7-13(16)17/h3-6,12H,1-2,7-9H2,(H,16,17). The topological polar surface area (TPSA) is 40.5 Å². The summed E-state index contributed by atoms with van der Waals surface area (Å²) in [6, 6.07) is 8.72. The van der Waals surface area contributed by atoms with E-state index in [1.165, 1.54) is 5.56 Å². The number of carbonyl (C=O) groups is 1. The molecule has 1 aromatic rings. The first-order valence-electron chi connectivity index (χ1n) is 5.88. The third kappa shape index (κ3) is 3.30. The molecule has 4 heteroatoms. The third-order valence-electron chi connectivity index (χ3n) is 3.23. The zero-order valence-corrected chi connectivity index (χ0v) is 11.2. The Morgan fingerprint density at radius 2 is 2.12 bits per heavy atom. The quantitative estimate of drug-likeness (QED) is 0.928. The molecule has 2 rings (SSSR count). The second-order valence-electron chi connectivity index (χ2n) is 4.39. The van der Waals surface area contributed by atoms with Gasteiger partial charge in [-0.3, -0.25) is 9.69 Å². The lowest BCUT2D eigenvalue weighted by Crippen LogP contribution is -2.26. The van der Waals surface area contributed by atoms with Crippen LogP contribution in [0.15, 0.2) is 28.7 Å². The maximum atomic E-state index is 10.6. The molecule has 1 aliphatic rings. The molecule has 0 aliphatic carbocycles. The van der Waals surface area contributed by atoms with Gasteiger partial charge in [-0.15, -0.1) is 0 Å². The number of aliphatic carboxylic acids is 1. The van der Waals surface area contributed by atoms with Gasteiger partial charge >= 0.3 is 5.97 Å². The summed E-state index contributed by atoms with van der Waals surface area (Å²) in [6.07, 6.45) is 2.51. The van der Waals surface area contributed by atoms with Gasteiger partial charge in [-0.05, 0) is 37.1 Å². The van der Waals surface area contributed by atoms with Crippen molar-refractivity contribution in [2.45, 2.75) is 25.3 Å². The molecular formula is C13H16BrNO2. The molecule has 0 bridgehead atoms. The van der Waals surface area contributed by atoms with Gasteiger partial charge in [0.2, 0.25) is 0 Å². The first-order chi connectivity index (χ1) is 8.16. The highest BCUT2D eigenvalue weighted by atomic mass is 79.9. The van der Waals surface area contributed by atoms with E-state index in [4.69, 9.17) is 5.11 Å². The summed E-state index contributed by atoms with van der Waals surface area (Å²) in [6.45, 7) is 1.66. The van der Waals surface area contributed by atoms with E-state index in [0.29, 0.717) is 12.6 Å². The number of halogens is 1. The average Bonchev–Trinajstić information content (AvgIpc) is 2.75. The molecule has 0 radical (unpaired) electrons. The SMILES string of the molecule is O=C(O)CCN1CCCC1c1ccc(Br)cc1. The molecule has 1 aliphatic heterocycles. The number of benzene rings is 1. The molecule has 1 heterocycles. The van der Waals surface area contributed by atoms with Crippen LogP contribution in [0.25, 0.3) is 0 Å². The van der Waals surface area contributed by atoms with Crippen molar-refractivity contribution in [3.63, 3.8) is 0 Å². The first-order valence-corrected chi connectivity index (χ1v) is 6.67. The molecule has 1 saturated heterocycles. The second kappa shape index (κ2) is 5.65. The van der Waals surface area contributed by atoms with E-state index in [-0.39, 0.29) is 6.42 Å². The highest BCUT2D eigenvalue weighted by Crippen LogP contribution is 2.32. The molecule has 0 saturated carbocycles. The Morgan fingerprint density at radius 3 is 2.76 bits per heavy atom. The van der Waals surface area contributed by atoms with Crippen LogP contribution in [0.1, 0.15) is 30.9 Å². The van der Waals surface area contributed by atoms with Crippen LogP contribution in [0, 0.1) is 0 Å². The summed E-state index contributed by atoms with van der Waals surface area (Å²) in [4.78, 5) is 12.9. The Bertz CT molecular complexity index is 391. The van der Waals surface area contributed by atoms with Crippen LogP contribution in [0.5, 0.6) is 0 Å². The van der Waals surface area contributed by atoms with E-state index < -0.39 is 5.97 Å². The number of carboxylic acids is 1. The van der Waals surface area contributed by atoms with Crippen LogP contribution in [0.3, 0.4) is 0 Å². The average molecular weight is 298 g/mol. The Balaban J connectivity index is 2.03. The van der Waals surface area contributed by atoms with Gasteiger partial charge in [0, 0.05) is 17.1 Å². The van der Waals surface area contributed by atoms with Gasteiger partial charge in [0.05, 0.1) is 6.42 Å².